The lowest BCUT2D eigenvalue weighted by Crippen LogP contribution is -2.56. The highest BCUT2D eigenvalue weighted by molar-refractivity contribution is 5.77. The number of hydrogen-bond donors (Lipinski definition) is 2. The molecule has 0 aromatic carbocycles. The number of hydrogen-bond acceptors (Lipinski definition) is 4. The summed E-state index contributed by atoms with van der Waals surface area (Å²) in [6, 6.07) is 0.132. The number of carboxylic acids is 1. The maximum atomic E-state index is 12.0. The fourth-order valence-corrected chi connectivity index (χ4v) is 2.13. The van der Waals surface area contributed by atoms with E-state index in [1.54, 1.807) is 4.90 Å². The molecule has 0 aromatic heterocycles. The van der Waals surface area contributed by atoms with Crippen LogP contribution in [0.1, 0.15) is 13.3 Å². The van der Waals surface area contributed by atoms with Crippen molar-refractivity contribution in [3.8, 4) is 0 Å². The molecule has 2 atom stereocenters. The van der Waals surface area contributed by atoms with Gasteiger partial charge in [-0.05, 0) is 13.5 Å². The summed E-state index contributed by atoms with van der Waals surface area (Å²) in [5, 5.41) is 11.4. The van der Waals surface area contributed by atoms with E-state index in [-0.39, 0.29) is 12.6 Å². The van der Waals surface area contributed by atoms with Crippen molar-refractivity contribution in [1.29, 1.82) is 0 Å². The predicted octanol–water partition coefficient (Wildman–Crippen LogP) is -0.178. The van der Waals surface area contributed by atoms with E-state index in [4.69, 9.17) is 9.84 Å². The highest BCUT2D eigenvalue weighted by Gasteiger charge is 2.27. The van der Waals surface area contributed by atoms with Gasteiger partial charge in [0, 0.05) is 32.8 Å². The number of carbonyl (C=O) groups is 2. The molecule has 0 radical (unpaired) electrons. The third-order valence-corrected chi connectivity index (χ3v) is 3.53. The number of nitrogens with one attached hydrogen (secondary N) is 1. The van der Waals surface area contributed by atoms with E-state index in [0.29, 0.717) is 19.1 Å². The lowest BCUT2D eigenvalue weighted by molar-refractivity contribution is -0.148. The SMILES string of the molecule is CCC1CN(C(=O)NCC(OC)C(=O)O)CCN1C. The van der Waals surface area contributed by atoms with Gasteiger partial charge in [0.2, 0.25) is 0 Å². The molecule has 1 fully saturated rings. The van der Waals surface area contributed by atoms with Gasteiger partial charge in [-0.15, -0.1) is 0 Å². The molecule has 7 heteroatoms. The van der Waals surface area contributed by atoms with Gasteiger partial charge in [-0.25, -0.2) is 9.59 Å². The second-order valence-corrected chi connectivity index (χ2v) is 4.74. The van der Waals surface area contributed by atoms with Crippen LogP contribution in [0.2, 0.25) is 0 Å². The molecule has 1 aliphatic rings. The summed E-state index contributed by atoms with van der Waals surface area (Å²) < 4.78 is 4.77. The zero-order chi connectivity index (χ0) is 14.4. The summed E-state index contributed by atoms with van der Waals surface area (Å²) in [5.74, 6) is -1.08. The summed E-state index contributed by atoms with van der Waals surface area (Å²) in [7, 11) is 3.36. The molecule has 0 spiro atoms. The maximum absolute atomic E-state index is 12.0. The van der Waals surface area contributed by atoms with Crippen molar-refractivity contribution in [2.75, 3.05) is 40.3 Å². The molecule has 1 saturated heterocycles. The van der Waals surface area contributed by atoms with Crippen LogP contribution >= 0.6 is 0 Å². The fraction of sp³-hybridized carbons (Fsp3) is 0.833. The van der Waals surface area contributed by atoms with E-state index in [2.05, 4.69) is 24.2 Å². The Morgan fingerprint density at radius 3 is 2.68 bits per heavy atom. The Bertz CT molecular complexity index is 324. The number of likely N-dealkylation sites (N-methyl/N-ethyl adjacent to an activating group) is 1. The first-order valence-corrected chi connectivity index (χ1v) is 6.48. The maximum Gasteiger partial charge on any atom is 0.334 e. The van der Waals surface area contributed by atoms with Crippen molar-refractivity contribution >= 4 is 12.0 Å². The molecule has 0 saturated carbocycles. The topological polar surface area (TPSA) is 82.1 Å². The average molecular weight is 273 g/mol. The number of methoxy groups -OCH3 is 1. The monoisotopic (exact) mass is 273 g/mol. The number of amides is 2. The normalized spacial score (nSPS) is 22.1. The lowest BCUT2D eigenvalue weighted by Gasteiger charge is -2.39. The third-order valence-electron chi connectivity index (χ3n) is 3.53. The second kappa shape index (κ2) is 7.30. The first kappa shape index (κ1) is 15.7. The standard InChI is InChI=1S/C12H23N3O4/c1-4-9-8-15(6-5-14(9)2)12(18)13-7-10(19-3)11(16)17/h9-10H,4-8H2,1-3H3,(H,13,18)(H,16,17). The van der Waals surface area contributed by atoms with Crippen LogP contribution in [0.25, 0.3) is 0 Å². The highest BCUT2D eigenvalue weighted by atomic mass is 16.5. The summed E-state index contributed by atoms with van der Waals surface area (Å²) in [6.07, 6.45) is -0.0193. The molecular weight excluding hydrogens is 250 g/mol. The van der Waals surface area contributed by atoms with Crippen molar-refractivity contribution in [3.05, 3.63) is 0 Å². The number of nitrogens with zero attached hydrogens (tertiary/aromatic N) is 2. The van der Waals surface area contributed by atoms with Crippen molar-refractivity contribution in [3.63, 3.8) is 0 Å². The van der Waals surface area contributed by atoms with E-state index < -0.39 is 12.1 Å². The summed E-state index contributed by atoms with van der Waals surface area (Å²) in [6.45, 7) is 4.23. The number of carboxylic acid groups (broad SMARTS) is 1. The molecule has 19 heavy (non-hydrogen) atoms. The Labute approximate surface area is 113 Å². The van der Waals surface area contributed by atoms with Gasteiger partial charge in [0.15, 0.2) is 6.10 Å². The van der Waals surface area contributed by atoms with E-state index in [1.807, 2.05) is 0 Å². The lowest BCUT2D eigenvalue weighted by atomic mass is 10.1. The second-order valence-electron chi connectivity index (χ2n) is 4.74. The molecule has 1 aliphatic heterocycles. The first-order valence-electron chi connectivity index (χ1n) is 6.48. The van der Waals surface area contributed by atoms with Gasteiger partial charge in [-0.2, -0.15) is 0 Å². The number of aliphatic carboxylic acids is 1. The summed E-state index contributed by atoms with van der Waals surface area (Å²) >= 11 is 0. The number of rotatable bonds is 5. The molecule has 0 aliphatic carbocycles. The summed E-state index contributed by atoms with van der Waals surface area (Å²) in [4.78, 5) is 26.7. The Morgan fingerprint density at radius 1 is 1.47 bits per heavy atom. The Kier molecular flexibility index (Phi) is 6.04. The van der Waals surface area contributed by atoms with Crippen molar-refractivity contribution in [2.45, 2.75) is 25.5 Å². The number of carbonyl (C=O) groups excluding carboxylic acids is 1. The first-order chi connectivity index (χ1) is 8.99. The van der Waals surface area contributed by atoms with Crippen molar-refractivity contribution < 1.29 is 19.4 Å². The van der Waals surface area contributed by atoms with Crippen molar-refractivity contribution in [1.82, 2.24) is 15.1 Å². The van der Waals surface area contributed by atoms with Crippen LogP contribution in [0.3, 0.4) is 0 Å². The quantitative estimate of drug-likeness (QED) is 0.726. The zero-order valence-electron chi connectivity index (χ0n) is 11.8. The van der Waals surface area contributed by atoms with Gasteiger partial charge in [0.05, 0.1) is 6.54 Å². The van der Waals surface area contributed by atoms with E-state index in [0.717, 1.165) is 13.0 Å². The van der Waals surface area contributed by atoms with Crippen LogP contribution in [0.5, 0.6) is 0 Å². The minimum atomic E-state index is -1.08. The molecular formula is C12H23N3O4. The number of urea groups is 1. The largest absolute Gasteiger partial charge is 0.479 e. The minimum Gasteiger partial charge on any atom is -0.479 e. The molecule has 1 rings (SSSR count). The molecule has 110 valence electrons. The molecule has 1 heterocycles. The van der Waals surface area contributed by atoms with Crippen LogP contribution in [0.15, 0.2) is 0 Å². The zero-order valence-corrected chi connectivity index (χ0v) is 11.8. The van der Waals surface area contributed by atoms with Crippen LogP contribution in [0.4, 0.5) is 4.79 Å². The van der Waals surface area contributed by atoms with Crippen LogP contribution < -0.4 is 5.32 Å². The van der Waals surface area contributed by atoms with Gasteiger partial charge in [-0.3, -0.25) is 4.90 Å². The van der Waals surface area contributed by atoms with Crippen LogP contribution in [0, 0.1) is 0 Å². The molecule has 2 amide bonds. The van der Waals surface area contributed by atoms with Gasteiger partial charge >= 0.3 is 12.0 Å². The smallest absolute Gasteiger partial charge is 0.334 e. The Hall–Kier alpha value is -1.34. The van der Waals surface area contributed by atoms with E-state index in [1.165, 1.54) is 7.11 Å². The van der Waals surface area contributed by atoms with Gasteiger partial charge in [-0.1, -0.05) is 6.92 Å². The van der Waals surface area contributed by atoms with E-state index in [9.17, 15) is 9.59 Å². The van der Waals surface area contributed by atoms with Crippen LogP contribution in [-0.4, -0.2) is 79.4 Å². The molecule has 7 nitrogen and oxygen atoms in total. The molecule has 2 N–H and O–H groups in total. The molecule has 2 unspecified atom stereocenters. The Morgan fingerprint density at radius 2 is 2.16 bits per heavy atom. The van der Waals surface area contributed by atoms with Gasteiger partial charge < -0.3 is 20.1 Å². The molecule has 0 bridgehead atoms. The number of ether oxygens (including phenoxy) is 1. The fourth-order valence-electron chi connectivity index (χ4n) is 2.13. The van der Waals surface area contributed by atoms with Crippen LogP contribution in [-0.2, 0) is 9.53 Å². The highest BCUT2D eigenvalue weighted by Crippen LogP contribution is 2.10. The molecule has 0 aromatic rings. The third kappa shape index (κ3) is 4.36. The van der Waals surface area contributed by atoms with Gasteiger partial charge in [0.25, 0.3) is 0 Å². The average Bonchev–Trinajstić information content (AvgIpc) is 2.39. The number of piperazine rings is 1. The van der Waals surface area contributed by atoms with E-state index >= 15 is 0 Å². The van der Waals surface area contributed by atoms with Gasteiger partial charge in [0.1, 0.15) is 0 Å². The summed E-state index contributed by atoms with van der Waals surface area (Å²) in [5.41, 5.74) is 0. The van der Waals surface area contributed by atoms with Crippen molar-refractivity contribution in [2.24, 2.45) is 0 Å². The minimum absolute atomic E-state index is 0.0200. The Balaban J connectivity index is 2.43. The predicted molar refractivity (Wildman–Crippen MR) is 70.1 cm³/mol.